The molecule has 0 aromatic rings. The van der Waals surface area contributed by atoms with Crippen molar-refractivity contribution >= 4 is 0 Å². The van der Waals surface area contributed by atoms with Crippen molar-refractivity contribution in [3.63, 3.8) is 0 Å². The summed E-state index contributed by atoms with van der Waals surface area (Å²) < 4.78 is 0. The molecule has 1 atom stereocenters. The molecule has 0 spiro atoms. The van der Waals surface area contributed by atoms with Crippen LogP contribution < -0.4 is 5.32 Å². The lowest BCUT2D eigenvalue weighted by atomic mass is 9.57. The summed E-state index contributed by atoms with van der Waals surface area (Å²) in [4.78, 5) is 0. The van der Waals surface area contributed by atoms with Gasteiger partial charge in [-0.3, -0.25) is 0 Å². The summed E-state index contributed by atoms with van der Waals surface area (Å²) in [6, 6.07) is 2.52. The highest BCUT2D eigenvalue weighted by Gasteiger charge is 2.52. The molecule has 0 aromatic carbocycles. The van der Waals surface area contributed by atoms with Crippen molar-refractivity contribution in [2.45, 2.75) is 64.4 Å². The summed E-state index contributed by atoms with van der Waals surface area (Å²) in [5, 5.41) is 24.1. The lowest BCUT2D eigenvalue weighted by Gasteiger charge is -2.48. The quantitative estimate of drug-likeness (QED) is 0.752. The van der Waals surface area contributed by atoms with Crippen molar-refractivity contribution in [2.75, 3.05) is 13.1 Å². The molecule has 3 nitrogen and oxygen atoms in total. The third-order valence-electron chi connectivity index (χ3n) is 5.22. The molecule has 2 fully saturated rings. The first-order valence-electron chi connectivity index (χ1n) is 7.28. The van der Waals surface area contributed by atoms with E-state index in [1.165, 1.54) is 0 Å². The molecule has 2 aliphatic rings. The van der Waals surface area contributed by atoms with Crippen LogP contribution in [0.5, 0.6) is 0 Å². The van der Waals surface area contributed by atoms with E-state index in [1.807, 2.05) is 0 Å². The first-order chi connectivity index (χ1) is 8.43. The topological polar surface area (TPSA) is 56.0 Å². The van der Waals surface area contributed by atoms with Gasteiger partial charge in [0.2, 0.25) is 0 Å². The molecule has 1 saturated carbocycles. The molecular formula is C15H26N2O. The van der Waals surface area contributed by atoms with Crippen LogP contribution in [0.1, 0.15) is 58.8 Å². The Labute approximate surface area is 111 Å². The second-order valence-corrected chi connectivity index (χ2v) is 6.99. The van der Waals surface area contributed by atoms with Gasteiger partial charge in [-0.2, -0.15) is 5.26 Å². The molecule has 18 heavy (non-hydrogen) atoms. The number of nitrogens with zero attached hydrogens (tertiary/aromatic N) is 1. The summed E-state index contributed by atoms with van der Waals surface area (Å²) in [6.07, 6.45) is 6.28. The predicted molar refractivity (Wildman–Crippen MR) is 72.0 cm³/mol. The van der Waals surface area contributed by atoms with E-state index >= 15 is 0 Å². The van der Waals surface area contributed by atoms with Crippen LogP contribution in [-0.4, -0.2) is 23.8 Å². The average molecular weight is 250 g/mol. The molecule has 1 unspecified atom stereocenters. The van der Waals surface area contributed by atoms with Crippen molar-refractivity contribution < 1.29 is 5.11 Å². The minimum Gasteiger partial charge on any atom is -0.388 e. The molecular weight excluding hydrogens is 224 g/mol. The van der Waals surface area contributed by atoms with Gasteiger partial charge >= 0.3 is 0 Å². The summed E-state index contributed by atoms with van der Waals surface area (Å²) in [7, 11) is 0. The molecule has 3 heteroatoms. The van der Waals surface area contributed by atoms with Crippen molar-refractivity contribution in [1.29, 1.82) is 5.26 Å². The lowest BCUT2D eigenvalue weighted by molar-refractivity contribution is -0.0928. The van der Waals surface area contributed by atoms with Crippen LogP contribution in [-0.2, 0) is 0 Å². The largest absolute Gasteiger partial charge is 0.388 e. The van der Waals surface area contributed by atoms with Gasteiger partial charge in [0.15, 0.2) is 0 Å². The van der Waals surface area contributed by atoms with Crippen LogP contribution in [0.4, 0.5) is 0 Å². The van der Waals surface area contributed by atoms with E-state index in [1.54, 1.807) is 0 Å². The van der Waals surface area contributed by atoms with Gasteiger partial charge in [0.05, 0.1) is 17.1 Å². The summed E-state index contributed by atoms with van der Waals surface area (Å²) in [6.45, 7) is 6.35. The third-order valence-corrected chi connectivity index (χ3v) is 5.22. The van der Waals surface area contributed by atoms with Crippen LogP contribution >= 0.6 is 0 Å². The zero-order valence-corrected chi connectivity index (χ0v) is 11.8. The van der Waals surface area contributed by atoms with Gasteiger partial charge in [0, 0.05) is 0 Å². The van der Waals surface area contributed by atoms with Crippen LogP contribution in [0.15, 0.2) is 0 Å². The Hall–Kier alpha value is -0.590. The number of hydrogen-bond acceptors (Lipinski definition) is 3. The second kappa shape index (κ2) is 4.83. The van der Waals surface area contributed by atoms with Gasteiger partial charge in [0.1, 0.15) is 0 Å². The Morgan fingerprint density at radius 1 is 1.00 bits per heavy atom. The van der Waals surface area contributed by atoms with E-state index in [0.29, 0.717) is 5.41 Å². The molecule has 0 radical (unpaired) electrons. The predicted octanol–water partition coefficient (Wildman–Crippen LogP) is 2.60. The molecule has 102 valence electrons. The number of hydrogen-bond donors (Lipinski definition) is 2. The molecule has 0 amide bonds. The van der Waals surface area contributed by atoms with Crippen molar-refractivity contribution in [2.24, 2.45) is 10.8 Å². The van der Waals surface area contributed by atoms with Crippen molar-refractivity contribution in [3.8, 4) is 6.07 Å². The minimum atomic E-state index is -0.776. The van der Waals surface area contributed by atoms with E-state index in [4.69, 9.17) is 0 Å². The van der Waals surface area contributed by atoms with E-state index in [0.717, 1.165) is 58.0 Å². The first-order valence-corrected chi connectivity index (χ1v) is 7.28. The fraction of sp³-hybridized carbons (Fsp3) is 0.933. The molecule has 1 aliphatic carbocycles. The van der Waals surface area contributed by atoms with E-state index in [9.17, 15) is 10.4 Å². The van der Waals surface area contributed by atoms with Gasteiger partial charge < -0.3 is 10.4 Å². The van der Waals surface area contributed by atoms with Gasteiger partial charge in [-0.25, -0.2) is 0 Å². The maximum Gasteiger partial charge on any atom is 0.0861 e. The van der Waals surface area contributed by atoms with E-state index in [2.05, 4.69) is 25.2 Å². The highest BCUT2D eigenvalue weighted by atomic mass is 16.3. The van der Waals surface area contributed by atoms with Gasteiger partial charge in [-0.05, 0) is 63.5 Å². The average Bonchev–Trinajstić information content (AvgIpc) is 2.56. The monoisotopic (exact) mass is 250 g/mol. The molecule has 2 rings (SSSR count). The summed E-state index contributed by atoms with van der Waals surface area (Å²) in [5.41, 5.74) is -0.948. The Morgan fingerprint density at radius 2 is 1.67 bits per heavy atom. The summed E-state index contributed by atoms with van der Waals surface area (Å²) >= 11 is 0. The Bertz CT molecular complexity index is 325. The lowest BCUT2D eigenvalue weighted by Crippen LogP contribution is -2.50. The standard InChI is InChI=1S/C15H26N2O/c1-13(2)5-7-14(12-16,8-6-13)15(18)4-3-10-17-11-9-15/h17-18H,3-11H2,1-2H3. The van der Waals surface area contributed by atoms with Crippen molar-refractivity contribution in [1.82, 2.24) is 5.32 Å². The molecule has 0 aromatic heterocycles. The SMILES string of the molecule is CC1(C)CCC(C#N)(C2(O)CCCNCC2)CC1. The van der Waals surface area contributed by atoms with Gasteiger partial charge in [-0.15, -0.1) is 0 Å². The van der Waals surface area contributed by atoms with E-state index in [-0.39, 0.29) is 0 Å². The first kappa shape index (κ1) is 13.8. The van der Waals surface area contributed by atoms with Gasteiger partial charge in [-0.1, -0.05) is 13.8 Å². The maximum atomic E-state index is 11.0. The zero-order valence-electron chi connectivity index (χ0n) is 11.8. The Balaban J connectivity index is 2.19. The highest BCUT2D eigenvalue weighted by Crippen LogP contribution is 2.52. The smallest absolute Gasteiger partial charge is 0.0861 e. The van der Waals surface area contributed by atoms with Crippen LogP contribution in [0.25, 0.3) is 0 Å². The fourth-order valence-electron chi connectivity index (χ4n) is 3.56. The van der Waals surface area contributed by atoms with Crippen LogP contribution in [0.2, 0.25) is 0 Å². The normalized spacial score (nSPS) is 35.4. The zero-order chi connectivity index (χ0) is 13.3. The number of rotatable bonds is 1. The minimum absolute atomic E-state index is 0.333. The third kappa shape index (κ3) is 2.41. The second-order valence-electron chi connectivity index (χ2n) is 6.99. The fourth-order valence-corrected chi connectivity index (χ4v) is 3.56. The molecule has 1 saturated heterocycles. The highest BCUT2D eigenvalue weighted by molar-refractivity contribution is 5.14. The van der Waals surface area contributed by atoms with Crippen LogP contribution in [0, 0.1) is 22.2 Å². The number of nitrogens with one attached hydrogen (secondary N) is 1. The molecule has 1 heterocycles. The van der Waals surface area contributed by atoms with Gasteiger partial charge in [0.25, 0.3) is 0 Å². The van der Waals surface area contributed by atoms with E-state index < -0.39 is 11.0 Å². The summed E-state index contributed by atoms with van der Waals surface area (Å²) in [5.74, 6) is 0. The van der Waals surface area contributed by atoms with Crippen molar-refractivity contribution in [3.05, 3.63) is 0 Å². The number of nitriles is 1. The molecule has 2 N–H and O–H groups in total. The Morgan fingerprint density at radius 3 is 2.28 bits per heavy atom. The Kier molecular flexibility index (Phi) is 3.71. The van der Waals surface area contributed by atoms with Crippen LogP contribution in [0.3, 0.4) is 0 Å². The molecule has 1 aliphatic heterocycles. The number of aliphatic hydroxyl groups is 1. The molecule has 0 bridgehead atoms. The maximum absolute atomic E-state index is 11.0.